The molecule has 0 saturated carbocycles. The smallest absolute Gasteiger partial charge is 0.319 e. The summed E-state index contributed by atoms with van der Waals surface area (Å²) in [6.07, 6.45) is 2.03. The molecule has 0 amide bonds. The molecule has 0 aliphatic carbocycles. The second-order valence-corrected chi connectivity index (χ2v) is 8.30. The van der Waals surface area contributed by atoms with E-state index in [1.54, 1.807) is 11.8 Å². The van der Waals surface area contributed by atoms with Crippen LogP contribution in [0.1, 0.15) is 26.2 Å². The molecule has 1 spiro atoms. The maximum atomic E-state index is 12.7. The van der Waals surface area contributed by atoms with Gasteiger partial charge in [-0.05, 0) is 31.9 Å². The Morgan fingerprint density at radius 3 is 2.68 bits per heavy atom. The largest absolute Gasteiger partial charge is 0.468 e. The number of hydrogen-bond acceptors (Lipinski definition) is 6. The van der Waals surface area contributed by atoms with Gasteiger partial charge in [-0.1, -0.05) is 18.2 Å². The topological polar surface area (TPSA) is 54.0 Å². The van der Waals surface area contributed by atoms with Gasteiger partial charge in [-0.25, -0.2) is 0 Å². The van der Waals surface area contributed by atoms with Crippen LogP contribution in [-0.4, -0.2) is 49.5 Å². The van der Waals surface area contributed by atoms with E-state index in [1.165, 1.54) is 12.0 Å². The fraction of sp³-hybridized carbons (Fsp3) is 0.632. The number of rotatable bonds is 4. The number of benzene rings is 1. The molecule has 3 aliphatic rings. The van der Waals surface area contributed by atoms with Crippen molar-refractivity contribution in [2.24, 2.45) is 5.41 Å². The normalized spacial score (nSPS) is 35.8. The molecule has 2 bridgehead atoms. The lowest BCUT2D eigenvalue weighted by Crippen LogP contribution is -2.65. The Balaban J connectivity index is 1.61. The van der Waals surface area contributed by atoms with Gasteiger partial charge in [-0.2, -0.15) is 0 Å². The second-order valence-electron chi connectivity index (χ2n) is 7.25. The molecule has 6 heteroatoms. The summed E-state index contributed by atoms with van der Waals surface area (Å²) in [5.41, 5.74) is -1.27. The molecule has 0 unspecified atom stereocenters. The molecule has 3 aliphatic heterocycles. The Morgan fingerprint density at radius 1 is 1.28 bits per heavy atom. The molecule has 136 valence electrons. The van der Waals surface area contributed by atoms with Gasteiger partial charge in [0.05, 0.1) is 32.0 Å². The first-order valence-electron chi connectivity index (χ1n) is 8.76. The van der Waals surface area contributed by atoms with Crippen LogP contribution < -0.4 is 0 Å². The summed E-state index contributed by atoms with van der Waals surface area (Å²) in [5.74, 6) is -0.443. The van der Waals surface area contributed by atoms with Crippen molar-refractivity contribution in [3.05, 3.63) is 30.3 Å². The lowest BCUT2D eigenvalue weighted by molar-refractivity contribution is -0.313. The molecular formula is C19H24O5S. The van der Waals surface area contributed by atoms with Crippen molar-refractivity contribution in [2.75, 3.05) is 26.1 Å². The second kappa shape index (κ2) is 6.27. The molecular weight excluding hydrogens is 340 g/mol. The van der Waals surface area contributed by atoms with Gasteiger partial charge in [0.15, 0.2) is 5.79 Å². The number of carbonyl (C=O) groups excluding carboxylic acids is 1. The minimum Gasteiger partial charge on any atom is -0.468 e. The van der Waals surface area contributed by atoms with Crippen molar-refractivity contribution in [3.63, 3.8) is 0 Å². The van der Waals surface area contributed by atoms with Crippen molar-refractivity contribution in [2.45, 2.75) is 48.6 Å². The van der Waals surface area contributed by atoms with Crippen molar-refractivity contribution in [1.82, 2.24) is 0 Å². The van der Waals surface area contributed by atoms with E-state index in [-0.39, 0.29) is 17.7 Å². The average molecular weight is 364 g/mol. The molecule has 3 atom stereocenters. The van der Waals surface area contributed by atoms with Crippen LogP contribution in [0.25, 0.3) is 0 Å². The van der Waals surface area contributed by atoms with Gasteiger partial charge in [-0.3, -0.25) is 4.79 Å². The molecule has 1 aromatic carbocycles. The fourth-order valence-corrected chi connectivity index (χ4v) is 5.54. The van der Waals surface area contributed by atoms with Crippen molar-refractivity contribution >= 4 is 17.7 Å². The van der Waals surface area contributed by atoms with Gasteiger partial charge in [-0.15, -0.1) is 11.8 Å². The molecule has 3 saturated heterocycles. The van der Waals surface area contributed by atoms with Gasteiger partial charge in [0.1, 0.15) is 5.41 Å². The van der Waals surface area contributed by atoms with Gasteiger partial charge < -0.3 is 18.9 Å². The molecule has 25 heavy (non-hydrogen) atoms. The fourth-order valence-electron chi connectivity index (χ4n) is 4.45. The Bertz CT molecular complexity index is 644. The zero-order valence-corrected chi connectivity index (χ0v) is 15.5. The third-order valence-electron chi connectivity index (χ3n) is 5.85. The molecule has 0 N–H and O–H groups in total. The monoisotopic (exact) mass is 364 g/mol. The average Bonchev–Trinajstić information content (AvgIpc) is 3.26. The highest BCUT2D eigenvalue weighted by Crippen LogP contribution is 2.59. The minimum atomic E-state index is -0.948. The maximum Gasteiger partial charge on any atom is 0.319 e. The van der Waals surface area contributed by atoms with Gasteiger partial charge in [0.25, 0.3) is 0 Å². The van der Waals surface area contributed by atoms with Crippen molar-refractivity contribution < 1.29 is 23.7 Å². The zero-order valence-electron chi connectivity index (χ0n) is 14.7. The summed E-state index contributed by atoms with van der Waals surface area (Å²) < 4.78 is 23.7. The highest BCUT2D eigenvalue weighted by molar-refractivity contribution is 7.99. The van der Waals surface area contributed by atoms with E-state index < -0.39 is 11.2 Å². The number of fused-ring (bicyclic) bond motifs is 2. The highest BCUT2D eigenvalue weighted by Gasteiger charge is 2.71. The van der Waals surface area contributed by atoms with E-state index in [2.05, 4.69) is 12.1 Å². The quantitative estimate of drug-likeness (QED) is 0.605. The lowest BCUT2D eigenvalue weighted by atomic mass is 9.71. The number of esters is 1. The van der Waals surface area contributed by atoms with Crippen LogP contribution in [0.2, 0.25) is 0 Å². The summed E-state index contributed by atoms with van der Waals surface area (Å²) in [7, 11) is 1.41. The van der Waals surface area contributed by atoms with Crippen LogP contribution >= 0.6 is 11.8 Å². The summed E-state index contributed by atoms with van der Waals surface area (Å²) in [5, 5.41) is 0. The first-order chi connectivity index (χ1) is 12.0. The summed E-state index contributed by atoms with van der Waals surface area (Å²) >= 11 is 1.78. The number of methoxy groups -OCH3 is 1. The molecule has 0 aromatic heterocycles. The lowest BCUT2D eigenvalue weighted by Gasteiger charge is -2.52. The van der Waals surface area contributed by atoms with Crippen LogP contribution in [-0.2, 0) is 23.7 Å². The van der Waals surface area contributed by atoms with Gasteiger partial charge in [0.2, 0.25) is 0 Å². The molecule has 0 radical (unpaired) electrons. The van der Waals surface area contributed by atoms with E-state index in [0.29, 0.717) is 19.6 Å². The van der Waals surface area contributed by atoms with E-state index in [4.69, 9.17) is 18.9 Å². The molecule has 4 rings (SSSR count). The predicted octanol–water partition coefficient (Wildman–Crippen LogP) is 3.02. The van der Waals surface area contributed by atoms with E-state index >= 15 is 0 Å². The zero-order chi connectivity index (χ0) is 17.5. The van der Waals surface area contributed by atoms with Gasteiger partial charge >= 0.3 is 5.97 Å². The summed E-state index contributed by atoms with van der Waals surface area (Å²) in [4.78, 5) is 13.9. The first kappa shape index (κ1) is 17.3. The molecule has 5 nitrogen and oxygen atoms in total. The van der Waals surface area contributed by atoms with E-state index in [0.717, 1.165) is 18.6 Å². The molecule has 1 aromatic rings. The third kappa shape index (κ3) is 2.62. The van der Waals surface area contributed by atoms with Crippen LogP contribution in [0.3, 0.4) is 0 Å². The van der Waals surface area contributed by atoms with E-state index in [1.807, 2.05) is 25.1 Å². The number of thioether (sulfide) groups is 1. The Morgan fingerprint density at radius 2 is 2.00 bits per heavy atom. The Kier molecular flexibility index (Phi) is 4.35. The summed E-state index contributed by atoms with van der Waals surface area (Å²) in [6, 6.07) is 10.3. The standard InChI is InChI=1S/C19H24O5S/c1-17(16(20)21-2)15-8-9-18(24-15,12-19(17)22-10-11-23-19)13-25-14-6-4-3-5-7-14/h3-7,15H,8-13H2,1-2H3/t15-,17+,18+/m1/s1. The SMILES string of the molecule is COC(=O)[C@]1(C)[C@H]2CC[C@@](CSc3ccccc3)(CC13OCCO3)O2. The van der Waals surface area contributed by atoms with Crippen molar-refractivity contribution in [1.29, 1.82) is 0 Å². The number of carbonyl (C=O) groups is 1. The first-order valence-corrected chi connectivity index (χ1v) is 9.74. The van der Waals surface area contributed by atoms with Crippen LogP contribution in [0.15, 0.2) is 35.2 Å². The van der Waals surface area contributed by atoms with E-state index in [9.17, 15) is 4.79 Å². The maximum absolute atomic E-state index is 12.7. The Labute approximate surface area is 152 Å². The molecule has 3 heterocycles. The van der Waals surface area contributed by atoms with Crippen molar-refractivity contribution in [3.8, 4) is 0 Å². The van der Waals surface area contributed by atoms with Crippen LogP contribution in [0.4, 0.5) is 0 Å². The Hall–Kier alpha value is -1.08. The molecule has 3 fully saturated rings. The predicted molar refractivity (Wildman–Crippen MR) is 93.4 cm³/mol. The third-order valence-corrected chi connectivity index (χ3v) is 7.13. The number of ether oxygens (including phenoxy) is 4. The highest BCUT2D eigenvalue weighted by atomic mass is 32.2. The van der Waals surface area contributed by atoms with Gasteiger partial charge in [0, 0.05) is 17.1 Å². The number of hydrogen-bond donors (Lipinski definition) is 0. The minimum absolute atomic E-state index is 0.247. The summed E-state index contributed by atoms with van der Waals surface area (Å²) in [6.45, 7) is 2.87. The van der Waals surface area contributed by atoms with Crippen LogP contribution in [0.5, 0.6) is 0 Å². The van der Waals surface area contributed by atoms with Crippen LogP contribution in [0, 0.1) is 5.41 Å².